The smallest absolute Gasteiger partial charge is 0.462 e. The second-order valence-corrected chi connectivity index (χ2v) is 31.4. The molecule has 0 spiro atoms. The fraction of sp³-hybridized carbons (Fsp3) is 0.948. The van der Waals surface area contributed by atoms with E-state index in [0.29, 0.717) is 31.6 Å². The van der Waals surface area contributed by atoms with Crippen LogP contribution in [0.5, 0.6) is 0 Å². The predicted molar refractivity (Wildman–Crippen MR) is 391 cm³/mol. The van der Waals surface area contributed by atoms with Gasteiger partial charge in [0.05, 0.1) is 26.4 Å². The Labute approximate surface area is 588 Å². The van der Waals surface area contributed by atoms with Gasteiger partial charge in [-0.05, 0) is 37.5 Å². The number of phosphoric acid groups is 2. The summed E-state index contributed by atoms with van der Waals surface area (Å²) in [4.78, 5) is 72.8. The Morgan fingerprint density at radius 3 is 0.792 bits per heavy atom. The zero-order chi connectivity index (χ0) is 70.7. The molecule has 0 bridgehead atoms. The molecule has 0 aromatic rings. The fourth-order valence-corrected chi connectivity index (χ4v) is 13.4. The van der Waals surface area contributed by atoms with E-state index in [9.17, 15) is 43.2 Å². The number of esters is 4. The number of aliphatic hydroxyl groups excluding tert-OH is 1. The van der Waals surface area contributed by atoms with E-state index in [2.05, 4.69) is 41.5 Å². The summed E-state index contributed by atoms with van der Waals surface area (Å²) < 4.78 is 68.6. The Kier molecular flexibility index (Phi) is 67.4. The van der Waals surface area contributed by atoms with Crippen LogP contribution in [0.2, 0.25) is 0 Å². The molecule has 96 heavy (non-hydrogen) atoms. The van der Waals surface area contributed by atoms with Gasteiger partial charge in [0.25, 0.3) is 0 Å². The highest BCUT2D eigenvalue weighted by atomic mass is 31.2. The number of hydrogen-bond donors (Lipinski definition) is 3. The average Bonchev–Trinajstić information content (AvgIpc) is 1.30. The van der Waals surface area contributed by atoms with Gasteiger partial charge in [-0.2, -0.15) is 0 Å². The number of phosphoric ester groups is 2. The first-order valence-electron chi connectivity index (χ1n) is 40.0. The van der Waals surface area contributed by atoms with Gasteiger partial charge < -0.3 is 33.8 Å². The first-order valence-corrected chi connectivity index (χ1v) is 43.0. The number of ether oxygens (including phenoxy) is 4. The van der Waals surface area contributed by atoms with E-state index >= 15 is 0 Å². The average molecular weight is 1410 g/mol. The number of unbranched alkanes of at least 4 members (excludes halogenated alkanes) is 45. The molecule has 0 aliphatic carbocycles. The molecular formula is C77H150O17P2. The lowest BCUT2D eigenvalue weighted by atomic mass is 9.99. The topological polar surface area (TPSA) is 237 Å². The van der Waals surface area contributed by atoms with Gasteiger partial charge in [-0.1, -0.05) is 350 Å². The third kappa shape index (κ3) is 69.2. The Balaban J connectivity index is 5.23. The van der Waals surface area contributed by atoms with Gasteiger partial charge in [0, 0.05) is 25.7 Å². The lowest BCUT2D eigenvalue weighted by Crippen LogP contribution is -2.30. The molecule has 0 radical (unpaired) electrons. The summed E-state index contributed by atoms with van der Waals surface area (Å²) in [6, 6.07) is 0. The largest absolute Gasteiger partial charge is 0.472 e. The zero-order valence-electron chi connectivity index (χ0n) is 62.7. The molecule has 3 N–H and O–H groups in total. The summed E-state index contributed by atoms with van der Waals surface area (Å²) in [7, 11) is -9.91. The minimum absolute atomic E-state index is 0.107. The molecule has 0 saturated carbocycles. The van der Waals surface area contributed by atoms with E-state index < -0.39 is 97.5 Å². The number of hydrogen-bond acceptors (Lipinski definition) is 15. The number of rotatable bonds is 76. The molecule has 0 aromatic heterocycles. The van der Waals surface area contributed by atoms with Crippen LogP contribution in [0.4, 0.5) is 0 Å². The van der Waals surface area contributed by atoms with E-state index in [4.69, 9.17) is 37.0 Å². The molecule has 0 rings (SSSR count). The van der Waals surface area contributed by atoms with Crippen molar-refractivity contribution >= 4 is 39.5 Å². The molecule has 0 aliphatic rings. The van der Waals surface area contributed by atoms with Crippen molar-refractivity contribution < 1.29 is 80.2 Å². The maximum atomic E-state index is 13.1. The van der Waals surface area contributed by atoms with E-state index in [-0.39, 0.29) is 25.7 Å². The van der Waals surface area contributed by atoms with Gasteiger partial charge in [0.1, 0.15) is 19.3 Å². The summed E-state index contributed by atoms with van der Waals surface area (Å²) >= 11 is 0. The lowest BCUT2D eigenvalue weighted by molar-refractivity contribution is -0.161. The molecule has 19 heteroatoms. The van der Waals surface area contributed by atoms with E-state index in [1.807, 2.05) is 0 Å². The van der Waals surface area contributed by atoms with Crippen LogP contribution in [0.25, 0.3) is 0 Å². The molecule has 6 atom stereocenters. The van der Waals surface area contributed by atoms with Gasteiger partial charge >= 0.3 is 39.5 Å². The van der Waals surface area contributed by atoms with Gasteiger partial charge in [0.2, 0.25) is 0 Å². The third-order valence-corrected chi connectivity index (χ3v) is 20.2. The van der Waals surface area contributed by atoms with Crippen LogP contribution in [0.1, 0.15) is 401 Å². The quantitative estimate of drug-likeness (QED) is 0.0222. The van der Waals surface area contributed by atoms with Crippen LogP contribution in [-0.2, 0) is 65.4 Å². The maximum absolute atomic E-state index is 13.1. The van der Waals surface area contributed by atoms with Crippen LogP contribution in [0.15, 0.2) is 0 Å². The number of carbonyl (C=O) groups is 4. The maximum Gasteiger partial charge on any atom is 0.472 e. The Bertz CT molecular complexity index is 1860. The van der Waals surface area contributed by atoms with Crippen molar-refractivity contribution in [1.29, 1.82) is 0 Å². The van der Waals surface area contributed by atoms with Gasteiger partial charge in [-0.3, -0.25) is 37.3 Å². The van der Waals surface area contributed by atoms with Crippen LogP contribution in [0, 0.1) is 11.8 Å². The summed E-state index contributed by atoms with van der Waals surface area (Å²) in [6.45, 7) is 9.58. The van der Waals surface area contributed by atoms with E-state index in [1.165, 1.54) is 212 Å². The highest BCUT2D eigenvalue weighted by molar-refractivity contribution is 7.47. The summed E-state index contributed by atoms with van der Waals surface area (Å²) in [5, 5.41) is 10.6. The molecular weight excluding hydrogens is 1260 g/mol. The fourth-order valence-electron chi connectivity index (χ4n) is 11.8. The summed E-state index contributed by atoms with van der Waals surface area (Å²) in [5.41, 5.74) is 0. The first-order chi connectivity index (χ1) is 46.4. The Morgan fingerprint density at radius 2 is 0.531 bits per heavy atom. The molecule has 0 saturated heterocycles. The van der Waals surface area contributed by atoms with E-state index in [0.717, 1.165) is 102 Å². The summed E-state index contributed by atoms with van der Waals surface area (Å²) in [5.74, 6) is -0.588. The second-order valence-electron chi connectivity index (χ2n) is 28.5. The Morgan fingerprint density at radius 1 is 0.302 bits per heavy atom. The van der Waals surface area contributed by atoms with Gasteiger partial charge in [0.15, 0.2) is 12.2 Å². The molecule has 0 amide bonds. The molecule has 570 valence electrons. The normalized spacial score (nSPS) is 14.3. The van der Waals surface area contributed by atoms with Crippen molar-refractivity contribution in [3.63, 3.8) is 0 Å². The SMILES string of the molecule is CCCCCCCCCCCCCCCCCC(=O)OC[C@H](COP(=O)(O)OC[C@@H](O)COP(=O)(O)OC[C@@H](COC(=O)CCCCCCCCC(C)C)OC(=O)CCCCCCCCCCCCCCCC)OC(=O)CCCCCCCCCCCCCCCCC(C)CC. The standard InChI is InChI=1S/C77H150O17P2/c1-7-10-12-14-16-18-20-22-24-29-32-36-40-47-53-59-74(79)87-65-72(93-76(81)62-56-50-42-38-34-30-26-25-27-31-35-39-46-52-58-70(6)9-3)67-91-95(83,84)89-63-71(78)64-90-96(85,86)92-68-73(66-88-75(80)60-54-48-44-43-45-51-57-69(4)5)94-77(82)61-55-49-41-37-33-28-23-21-19-17-15-13-11-8-2/h69-73,78H,7-68H2,1-6H3,(H,83,84)(H,85,86)/t70?,71-,72-,73-/m1/s1. The molecule has 17 nitrogen and oxygen atoms in total. The summed E-state index contributed by atoms with van der Waals surface area (Å²) in [6.07, 6.45) is 56.9. The molecule has 0 aliphatic heterocycles. The number of carbonyl (C=O) groups excluding carboxylic acids is 4. The lowest BCUT2D eigenvalue weighted by Gasteiger charge is -2.21. The highest BCUT2D eigenvalue weighted by Gasteiger charge is 2.30. The van der Waals surface area contributed by atoms with Crippen molar-refractivity contribution in [2.45, 2.75) is 419 Å². The van der Waals surface area contributed by atoms with Gasteiger partial charge in [-0.15, -0.1) is 0 Å². The zero-order valence-corrected chi connectivity index (χ0v) is 64.5. The molecule has 3 unspecified atom stereocenters. The third-order valence-electron chi connectivity index (χ3n) is 18.3. The predicted octanol–water partition coefficient (Wildman–Crippen LogP) is 22.7. The minimum Gasteiger partial charge on any atom is -0.462 e. The monoisotopic (exact) mass is 1410 g/mol. The molecule has 0 fully saturated rings. The molecule has 0 aromatic carbocycles. The van der Waals surface area contributed by atoms with Gasteiger partial charge in [-0.25, -0.2) is 9.13 Å². The minimum atomic E-state index is -4.96. The van der Waals surface area contributed by atoms with Crippen molar-refractivity contribution in [3.8, 4) is 0 Å². The van der Waals surface area contributed by atoms with Crippen molar-refractivity contribution in [2.24, 2.45) is 11.8 Å². The van der Waals surface area contributed by atoms with Crippen LogP contribution < -0.4 is 0 Å². The first kappa shape index (κ1) is 94.1. The number of aliphatic hydroxyl groups is 1. The van der Waals surface area contributed by atoms with Crippen LogP contribution in [-0.4, -0.2) is 96.7 Å². The van der Waals surface area contributed by atoms with Crippen molar-refractivity contribution in [3.05, 3.63) is 0 Å². The Hall–Kier alpha value is -1.94. The van der Waals surface area contributed by atoms with Crippen molar-refractivity contribution in [1.82, 2.24) is 0 Å². The molecule has 0 heterocycles. The van der Waals surface area contributed by atoms with Crippen molar-refractivity contribution in [2.75, 3.05) is 39.6 Å². The van der Waals surface area contributed by atoms with Crippen LogP contribution >= 0.6 is 15.6 Å². The van der Waals surface area contributed by atoms with E-state index in [1.54, 1.807) is 0 Å². The second kappa shape index (κ2) is 68.8. The highest BCUT2D eigenvalue weighted by Crippen LogP contribution is 2.45. The van der Waals surface area contributed by atoms with Crippen LogP contribution in [0.3, 0.4) is 0 Å².